The third-order valence-electron chi connectivity index (χ3n) is 4.68. The first kappa shape index (κ1) is 16.6. The van der Waals surface area contributed by atoms with Crippen LogP contribution in [0.15, 0.2) is 0 Å². The van der Waals surface area contributed by atoms with Crippen molar-refractivity contribution in [2.45, 2.75) is 62.5 Å². The first-order valence-corrected chi connectivity index (χ1v) is 7.44. The van der Waals surface area contributed by atoms with Gasteiger partial charge in [0.2, 0.25) is 0 Å². The van der Waals surface area contributed by atoms with Gasteiger partial charge in [-0.25, -0.2) is 8.78 Å². The van der Waals surface area contributed by atoms with E-state index in [1.165, 1.54) is 7.11 Å². The van der Waals surface area contributed by atoms with E-state index in [-0.39, 0.29) is 11.8 Å². The number of methoxy groups -OCH3 is 1. The molecule has 1 aromatic heterocycles. The molecule has 2 aliphatic rings. The fourth-order valence-electron chi connectivity index (χ4n) is 3.59. The predicted octanol–water partition coefficient (Wildman–Crippen LogP) is 3.26. The molecule has 9 heteroatoms. The van der Waals surface area contributed by atoms with Crippen molar-refractivity contribution in [2.75, 3.05) is 7.11 Å². The second-order valence-electron chi connectivity index (χ2n) is 6.12. The van der Waals surface area contributed by atoms with Gasteiger partial charge in [0, 0.05) is 12.7 Å². The number of aliphatic hydroxyl groups is 1. The van der Waals surface area contributed by atoms with E-state index in [4.69, 9.17) is 4.74 Å². The molecule has 23 heavy (non-hydrogen) atoms. The van der Waals surface area contributed by atoms with Crippen LogP contribution in [0.4, 0.5) is 22.0 Å². The van der Waals surface area contributed by atoms with Crippen molar-refractivity contribution in [1.82, 2.24) is 9.78 Å². The first-order chi connectivity index (χ1) is 10.7. The molecule has 3 rings (SSSR count). The van der Waals surface area contributed by atoms with Gasteiger partial charge in [-0.1, -0.05) is 12.8 Å². The van der Waals surface area contributed by atoms with Gasteiger partial charge in [0.1, 0.15) is 6.10 Å². The molecule has 0 unspecified atom stereocenters. The monoisotopic (exact) mass is 340 g/mol. The summed E-state index contributed by atoms with van der Waals surface area (Å²) in [7, 11) is 1.45. The van der Waals surface area contributed by atoms with Crippen LogP contribution in [0.2, 0.25) is 0 Å². The molecule has 3 atom stereocenters. The first-order valence-electron chi connectivity index (χ1n) is 7.44. The van der Waals surface area contributed by atoms with Gasteiger partial charge in [-0.2, -0.15) is 18.3 Å². The fraction of sp³-hybridized carbons (Fsp3) is 0.786. The zero-order valence-electron chi connectivity index (χ0n) is 12.4. The lowest BCUT2D eigenvalue weighted by atomic mass is 9.92. The smallest absolute Gasteiger partial charge is 0.382 e. The largest absolute Gasteiger partial charge is 0.435 e. The Bertz CT molecular complexity index is 599. The normalized spacial score (nSPS) is 30.5. The minimum absolute atomic E-state index is 0.233. The van der Waals surface area contributed by atoms with Crippen molar-refractivity contribution in [3.05, 3.63) is 17.0 Å². The molecule has 0 spiro atoms. The van der Waals surface area contributed by atoms with Crippen molar-refractivity contribution < 1.29 is 31.8 Å². The van der Waals surface area contributed by atoms with E-state index in [9.17, 15) is 27.1 Å². The van der Waals surface area contributed by atoms with E-state index in [1.807, 2.05) is 0 Å². The van der Waals surface area contributed by atoms with Crippen LogP contribution >= 0.6 is 0 Å². The van der Waals surface area contributed by atoms with E-state index in [1.54, 1.807) is 0 Å². The zero-order valence-corrected chi connectivity index (χ0v) is 12.4. The summed E-state index contributed by atoms with van der Waals surface area (Å²) >= 11 is 0. The van der Waals surface area contributed by atoms with Gasteiger partial charge in [-0.3, -0.25) is 4.68 Å². The highest BCUT2D eigenvalue weighted by molar-refractivity contribution is 5.38. The lowest BCUT2D eigenvalue weighted by Crippen LogP contribution is -2.32. The maximum atomic E-state index is 13.8. The van der Waals surface area contributed by atoms with Gasteiger partial charge in [0.25, 0.3) is 5.92 Å². The average molecular weight is 340 g/mol. The number of fused-ring (bicyclic) bond motifs is 1. The Balaban J connectivity index is 2.11. The minimum atomic E-state index is -4.89. The average Bonchev–Trinajstić information content (AvgIpc) is 2.94. The number of ether oxygens (including phenoxy) is 1. The number of aromatic nitrogens is 2. The Morgan fingerprint density at radius 2 is 1.91 bits per heavy atom. The van der Waals surface area contributed by atoms with Crippen LogP contribution < -0.4 is 0 Å². The third-order valence-corrected chi connectivity index (χ3v) is 4.68. The number of halogens is 5. The summed E-state index contributed by atoms with van der Waals surface area (Å²) in [5, 5.41) is 13.2. The van der Waals surface area contributed by atoms with Crippen molar-refractivity contribution in [3.63, 3.8) is 0 Å². The maximum Gasteiger partial charge on any atom is 0.435 e. The summed E-state index contributed by atoms with van der Waals surface area (Å²) in [5.74, 6) is -3.62. The highest BCUT2D eigenvalue weighted by Gasteiger charge is 2.55. The van der Waals surface area contributed by atoms with Gasteiger partial charge in [-0.05, 0) is 12.8 Å². The predicted molar refractivity (Wildman–Crippen MR) is 69.1 cm³/mol. The summed E-state index contributed by atoms with van der Waals surface area (Å²) in [6.45, 7) is 0. The molecule has 0 aliphatic heterocycles. The van der Waals surface area contributed by atoms with Gasteiger partial charge in [0.15, 0.2) is 5.69 Å². The van der Waals surface area contributed by atoms with Crippen molar-refractivity contribution >= 4 is 0 Å². The standard InChI is InChI=1S/C14H17F5N2O2/c1-23-9-5-3-2-4-7(9)21-8-6-13(15,16)12(22)10(8)11(20-21)14(17,18)19/h7,9,12,22H,2-6H2,1H3/t7-,9+,12+/m1/s1. The molecule has 1 aromatic rings. The Hall–Kier alpha value is -1.22. The lowest BCUT2D eigenvalue weighted by molar-refractivity contribution is -0.147. The zero-order chi connectivity index (χ0) is 17.0. The van der Waals surface area contributed by atoms with Gasteiger partial charge in [0.05, 0.1) is 24.3 Å². The summed E-state index contributed by atoms with van der Waals surface area (Å²) in [4.78, 5) is 0. The molecule has 0 radical (unpaired) electrons. The molecular weight excluding hydrogens is 323 g/mol. The number of rotatable bonds is 2. The second-order valence-corrected chi connectivity index (χ2v) is 6.12. The van der Waals surface area contributed by atoms with Gasteiger partial charge in [-0.15, -0.1) is 0 Å². The van der Waals surface area contributed by atoms with Crippen LogP contribution in [-0.2, 0) is 17.3 Å². The summed E-state index contributed by atoms with van der Waals surface area (Å²) in [5.41, 5.74) is -2.44. The van der Waals surface area contributed by atoms with Crippen molar-refractivity contribution in [1.29, 1.82) is 0 Å². The summed E-state index contributed by atoms with van der Waals surface area (Å²) in [6, 6.07) is -0.528. The van der Waals surface area contributed by atoms with Gasteiger partial charge >= 0.3 is 6.18 Å². The second kappa shape index (κ2) is 5.41. The molecule has 0 bridgehead atoms. The van der Waals surface area contributed by atoms with Crippen molar-refractivity contribution in [3.8, 4) is 0 Å². The molecule has 1 saturated carbocycles. The van der Waals surface area contributed by atoms with Crippen LogP contribution in [0, 0.1) is 0 Å². The summed E-state index contributed by atoms with van der Waals surface area (Å²) in [6.07, 6.45) is -5.93. The molecule has 0 amide bonds. The quantitative estimate of drug-likeness (QED) is 0.841. The van der Waals surface area contributed by atoms with Crippen LogP contribution in [0.5, 0.6) is 0 Å². The Morgan fingerprint density at radius 3 is 2.52 bits per heavy atom. The molecule has 1 N–H and O–H groups in total. The molecular formula is C14H17F5N2O2. The number of hydrogen-bond donors (Lipinski definition) is 1. The molecule has 0 aromatic carbocycles. The number of aliphatic hydroxyl groups excluding tert-OH is 1. The minimum Gasteiger partial charge on any atom is -0.382 e. The Morgan fingerprint density at radius 1 is 1.26 bits per heavy atom. The van der Waals surface area contributed by atoms with Crippen LogP contribution in [0.1, 0.15) is 54.8 Å². The van der Waals surface area contributed by atoms with E-state index < -0.39 is 41.9 Å². The van der Waals surface area contributed by atoms with Crippen LogP contribution in [-0.4, -0.2) is 34.0 Å². The maximum absolute atomic E-state index is 13.8. The molecule has 2 aliphatic carbocycles. The van der Waals surface area contributed by atoms with Crippen molar-refractivity contribution in [2.24, 2.45) is 0 Å². The molecule has 0 saturated heterocycles. The number of hydrogen-bond acceptors (Lipinski definition) is 3. The topological polar surface area (TPSA) is 47.3 Å². The number of nitrogens with zero attached hydrogens (tertiary/aromatic N) is 2. The SMILES string of the molecule is CO[C@H]1CCCC[C@H]1n1nc(C(F)(F)F)c2c1CC(F)(F)[C@H]2O. The van der Waals surface area contributed by atoms with Gasteiger partial charge < -0.3 is 9.84 Å². The third kappa shape index (κ3) is 2.63. The molecule has 1 fully saturated rings. The van der Waals surface area contributed by atoms with E-state index in [0.29, 0.717) is 12.8 Å². The van der Waals surface area contributed by atoms with Crippen LogP contribution in [0.3, 0.4) is 0 Å². The van der Waals surface area contributed by atoms with Crippen LogP contribution in [0.25, 0.3) is 0 Å². The molecule has 130 valence electrons. The van der Waals surface area contributed by atoms with E-state index in [2.05, 4.69) is 5.10 Å². The molecule has 1 heterocycles. The number of alkyl halides is 5. The summed E-state index contributed by atoms with van der Waals surface area (Å²) < 4.78 is 73.4. The highest BCUT2D eigenvalue weighted by Crippen LogP contribution is 2.49. The molecule has 4 nitrogen and oxygen atoms in total. The Kier molecular flexibility index (Phi) is 3.91. The fourth-order valence-corrected chi connectivity index (χ4v) is 3.59. The lowest BCUT2D eigenvalue weighted by Gasteiger charge is -2.31. The Labute approximate surface area is 129 Å². The van der Waals surface area contributed by atoms with E-state index >= 15 is 0 Å². The van der Waals surface area contributed by atoms with E-state index in [0.717, 1.165) is 17.5 Å². The highest BCUT2D eigenvalue weighted by atomic mass is 19.4.